The number of ether oxygens (including phenoxy) is 1. The summed E-state index contributed by atoms with van der Waals surface area (Å²) in [6, 6.07) is 8.48. The smallest absolute Gasteiger partial charge is 0.0805 e. The van der Waals surface area contributed by atoms with Crippen LogP contribution in [0.15, 0.2) is 24.3 Å². The Morgan fingerprint density at radius 2 is 2.18 bits per heavy atom. The Hall–Kier alpha value is -0.900. The lowest BCUT2D eigenvalue weighted by atomic mass is 10.00. The Labute approximate surface area is 103 Å². The molecule has 0 saturated carbocycles. The van der Waals surface area contributed by atoms with Crippen molar-refractivity contribution in [3.63, 3.8) is 0 Å². The predicted molar refractivity (Wildman–Crippen MR) is 68.0 cm³/mol. The van der Waals surface area contributed by atoms with Crippen molar-refractivity contribution in [2.45, 2.75) is 31.9 Å². The molecule has 0 aliphatic carbocycles. The first-order chi connectivity index (χ1) is 8.29. The molecule has 1 aliphatic heterocycles. The number of morpholine rings is 1. The quantitative estimate of drug-likeness (QED) is 0.834. The molecule has 2 N–H and O–H groups in total. The van der Waals surface area contributed by atoms with Gasteiger partial charge in [0.1, 0.15) is 0 Å². The fourth-order valence-corrected chi connectivity index (χ4v) is 2.15. The summed E-state index contributed by atoms with van der Waals surface area (Å²) >= 11 is 0. The molecule has 94 valence electrons. The maximum atomic E-state index is 10.1. The van der Waals surface area contributed by atoms with Gasteiger partial charge in [0, 0.05) is 12.6 Å². The highest BCUT2D eigenvalue weighted by Gasteiger charge is 2.18. The topological polar surface area (TPSA) is 41.5 Å². The molecular formula is C14H21NO2. The van der Waals surface area contributed by atoms with Crippen molar-refractivity contribution >= 4 is 0 Å². The minimum Gasteiger partial charge on any atom is -0.388 e. The molecule has 3 nitrogen and oxygen atoms in total. The highest BCUT2D eigenvalue weighted by Crippen LogP contribution is 2.19. The highest BCUT2D eigenvalue weighted by molar-refractivity contribution is 5.24. The number of hydrogen-bond acceptors (Lipinski definition) is 3. The van der Waals surface area contributed by atoms with Gasteiger partial charge < -0.3 is 15.2 Å². The normalized spacial score (nSPS) is 22.4. The second kappa shape index (κ2) is 6.15. The highest BCUT2D eigenvalue weighted by atomic mass is 16.5. The Kier molecular flexibility index (Phi) is 4.54. The van der Waals surface area contributed by atoms with Gasteiger partial charge in [-0.1, -0.05) is 31.2 Å². The van der Waals surface area contributed by atoms with Crippen LogP contribution in [0.4, 0.5) is 0 Å². The number of aliphatic hydroxyl groups is 1. The van der Waals surface area contributed by atoms with Gasteiger partial charge in [0.05, 0.1) is 19.3 Å². The fraction of sp³-hybridized carbons (Fsp3) is 0.571. The van der Waals surface area contributed by atoms with Crippen LogP contribution in [0, 0.1) is 0 Å². The van der Waals surface area contributed by atoms with Crippen molar-refractivity contribution in [1.29, 1.82) is 0 Å². The summed E-state index contributed by atoms with van der Waals surface area (Å²) < 4.78 is 5.38. The molecule has 1 aliphatic rings. The molecule has 0 aromatic heterocycles. The van der Waals surface area contributed by atoms with Gasteiger partial charge in [-0.05, 0) is 24.0 Å². The first-order valence-corrected chi connectivity index (χ1v) is 6.37. The molecule has 3 heteroatoms. The number of nitrogens with one attached hydrogen (secondary N) is 1. The molecule has 1 fully saturated rings. The first kappa shape index (κ1) is 12.6. The Balaban J connectivity index is 1.91. The zero-order valence-electron chi connectivity index (χ0n) is 10.4. The second-order valence-electron chi connectivity index (χ2n) is 4.57. The van der Waals surface area contributed by atoms with Crippen LogP contribution in [0.5, 0.6) is 0 Å². The van der Waals surface area contributed by atoms with Crippen molar-refractivity contribution in [1.82, 2.24) is 5.32 Å². The molecule has 2 atom stereocenters. The summed E-state index contributed by atoms with van der Waals surface area (Å²) in [6.07, 6.45) is 1.35. The molecule has 1 aromatic rings. The lowest BCUT2D eigenvalue weighted by Crippen LogP contribution is -2.42. The number of aliphatic hydroxyl groups excluding tert-OH is 1. The molecule has 0 amide bonds. The van der Waals surface area contributed by atoms with Crippen LogP contribution in [0.3, 0.4) is 0 Å². The third-order valence-corrected chi connectivity index (χ3v) is 3.28. The standard InChI is InChI=1S/C14H21NO2/c1-2-11-3-5-12(6-4-11)14(16)9-13-10-17-8-7-15-13/h3-6,13-16H,2,7-10H2,1H3. The number of aryl methyl sites for hydroxylation is 1. The summed E-state index contributed by atoms with van der Waals surface area (Å²) in [7, 11) is 0. The van der Waals surface area contributed by atoms with Crippen molar-refractivity contribution in [3.05, 3.63) is 35.4 Å². The van der Waals surface area contributed by atoms with E-state index in [0.29, 0.717) is 13.0 Å². The van der Waals surface area contributed by atoms with Gasteiger partial charge in [0.25, 0.3) is 0 Å². The van der Waals surface area contributed by atoms with E-state index in [9.17, 15) is 5.11 Å². The summed E-state index contributed by atoms with van der Waals surface area (Å²) in [5.41, 5.74) is 2.30. The number of rotatable bonds is 4. The first-order valence-electron chi connectivity index (χ1n) is 6.37. The largest absolute Gasteiger partial charge is 0.388 e. The van der Waals surface area contributed by atoms with E-state index in [0.717, 1.165) is 25.1 Å². The van der Waals surface area contributed by atoms with Crippen LogP contribution in [0.25, 0.3) is 0 Å². The third-order valence-electron chi connectivity index (χ3n) is 3.28. The van der Waals surface area contributed by atoms with E-state index < -0.39 is 6.10 Å². The summed E-state index contributed by atoms with van der Waals surface area (Å²) in [5, 5.41) is 13.5. The van der Waals surface area contributed by atoms with Gasteiger partial charge in [0.2, 0.25) is 0 Å². The van der Waals surface area contributed by atoms with Gasteiger partial charge >= 0.3 is 0 Å². The van der Waals surface area contributed by atoms with Crippen LogP contribution < -0.4 is 5.32 Å². The van der Waals surface area contributed by atoms with E-state index >= 15 is 0 Å². The average Bonchev–Trinajstić information content (AvgIpc) is 2.40. The lowest BCUT2D eigenvalue weighted by molar-refractivity contribution is 0.0519. The molecule has 1 saturated heterocycles. The van der Waals surface area contributed by atoms with E-state index in [4.69, 9.17) is 4.74 Å². The fourth-order valence-electron chi connectivity index (χ4n) is 2.15. The zero-order chi connectivity index (χ0) is 12.1. The van der Waals surface area contributed by atoms with Crippen LogP contribution in [0.1, 0.15) is 30.6 Å². The van der Waals surface area contributed by atoms with Crippen molar-refractivity contribution in [2.75, 3.05) is 19.8 Å². The molecule has 0 spiro atoms. The Morgan fingerprint density at radius 3 is 2.76 bits per heavy atom. The molecule has 1 heterocycles. The minimum absolute atomic E-state index is 0.268. The van der Waals surface area contributed by atoms with Crippen LogP contribution >= 0.6 is 0 Å². The molecule has 2 rings (SSSR count). The molecule has 2 unspecified atom stereocenters. The van der Waals surface area contributed by atoms with E-state index in [-0.39, 0.29) is 6.04 Å². The van der Waals surface area contributed by atoms with Gasteiger partial charge in [0.15, 0.2) is 0 Å². The van der Waals surface area contributed by atoms with Gasteiger partial charge in [-0.25, -0.2) is 0 Å². The van der Waals surface area contributed by atoms with E-state index in [2.05, 4.69) is 24.4 Å². The van der Waals surface area contributed by atoms with E-state index in [1.165, 1.54) is 5.56 Å². The Morgan fingerprint density at radius 1 is 1.41 bits per heavy atom. The van der Waals surface area contributed by atoms with E-state index in [1.807, 2.05) is 12.1 Å². The zero-order valence-corrected chi connectivity index (χ0v) is 10.4. The van der Waals surface area contributed by atoms with Crippen LogP contribution in [-0.4, -0.2) is 30.9 Å². The average molecular weight is 235 g/mol. The Bertz CT molecular complexity index is 331. The number of benzene rings is 1. The molecule has 0 bridgehead atoms. The third kappa shape index (κ3) is 3.53. The minimum atomic E-state index is -0.403. The summed E-state index contributed by atoms with van der Waals surface area (Å²) in [5.74, 6) is 0. The molecule has 0 radical (unpaired) electrons. The predicted octanol–water partition coefficient (Wildman–Crippen LogP) is 1.66. The van der Waals surface area contributed by atoms with Crippen molar-refractivity contribution < 1.29 is 9.84 Å². The molecule has 17 heavy (non-hydrogen) atoms. The van der Waals surface area contributed by atoms with Gasteiger partial charge in [-0.2, -0.15) is 0 Å². The van der Waals surface area contributed by atoms with Crippen LogP contribution in [0.2, 0.25) is 0 Å². The van der Waals surface area contributed by atoms with Crippen LogP contribution in [-0.2, 0) is 11.2 Å². The lowest BCUT2D eigenvalue weighted by Gasteiger charge is -2.26. The van der Waals surface area contributed by atoms with Crippen molar-refractivity contribution in [2.24, 2.45) is 0 Å². The summed E-state index contributed by atoms with van der Waals surface area (Å²) in [6.45, 7) is 4.49. The number of hydrogen-bond donors (Lipinski definition) is 2. The SMILES string of the molecule is CCc1ccc(C(O)CC2COCCN2)cc1. The maximum Gasteiger partial charge on any atom is 0.0805 e. The van der Waals surface area contributed by atoms with Gasteiger partial charge in [-0.15, -0.1) is 0 Å². The molecular weight excluding hydrogens is 214 g/mol. The van der Waals surface area contributed by atoms with E-state index in [1.54, 1.807) is 0 Å². The maximum absolute atomic E-state index is 10.1. The molecule has 1 aromatic carbocycles. The monoisotopic (exact) mass is 235 g/mol. The van der Waals surface area contributed by atoms with Crippen molar-refractivity contribution in [3.8, 4) is 0 Å². The summed E-state index contributed by atoms with van der Waals surface area (Å²) in [4.78, 5) is 0. The van der Waals surface area contributed by atoms with Gasteiger partial charge in [-0.3, -0.25) is 0 Å². The second-order valence-corrected chi connectivity index (χ2v) is 4.57.